The number of piperazine rings is 1. The van der Waals surface area contributed by atoms with Gasteiger partial charge in [0.15, 0.2) is 0 Å². The number of halogens is 1. The molecule has 0 bridgehead atoms. The highest BCUT2D eigenvalue weighted by Gasteiger charge is 2.27. The molecule has 1 N–H and O–H groups in total. The predicted molar refractivity (Wildman–Crippen MR) is 111 cm³/mol. The molecule has 3 aromatic rings. The highest BCUT2D eigenvalue weighted by atomic mass is 35.5. The van der Waals surface area contributed by atoms with Gasteiger partial charge in [0.1, 0.15) is 17.0 Å². The molecule has 1 amide bonds. The third-order valence-electron chi connectivity index (χ3n) is 4.89. The molecule has 0 saturated carbocycles. The molecule has 0 aliphatic carbocycles. The maximum absolute atomic E-state index is 12.6. The van der Waals surface area contributed by atoms with Crippen LogP contribution in [0.5, 0.6) is 0 Å². The third kappa shape index (κ3) is 3.90. The second-order valence-corrected chi connectivity index (χ2v) is 7.86. The van der Waals surface area contributed by atoms with Crippen molar-refractivity contribution >= 4 is 50.6 Å². The fraction of sp³-hybridized carbons (Fsp3) is 0.316. The van der Waals surface area contributed by atoms with Gasteiger partial charge in [-0.3, -0.25) is 9.69 Å². The summed E-state index contributed by atoms with van der Waals surface area (Å²) < 4.78 is 0. The number of rotatable bonds is 4. The van der Waals surface area contributed by atoms with E-state index in [4.69, 9.17) is 11.6 Å². The number of carbonyl (C=O) groups excluding carboxylic acids is 1. The summed E-state index contributed by atoms with van der Waals surface area (Å²) in [6.45, 7) is 5.24. The normalized spacial score (nSPS) is 16.4. The van der Waals surface area contributed by atoms with E-state index in [0.29, 0.717) is 5.02 Å². The summed E-state index contributed by atoms with van der Waals surface area (Å²) in [5.41, 5.74) is 0.760. The van der Waals surface area contributed by atoms with E-state index in [1.165, 1.54) is 0 Å². The summed E-state index contributed by atoms with van der Waals surface area (Å²) in [5.74, 6) is 0.979. The van der Waals surface area contributed by atoms with Crippen LogP contribution < -0.4 is 10.2 Å². The Morgan fingerprint density at radius 2 is 1.89 bits per heavy atom. The predicted octanol–water partition coefficient (Wildman–Crippen LogP) is 3.49. The zero-order valence-corrected chi connectivity index (χ0v) is 16.5. The number of aromatic nitrogens is 2. The molecule has 1 saturated heterocycles. The lowest BCUT2D eigenvalue weighted by Gasteiger charge is -2.38. The molecule has 1 aliphatic heterocycles. The first kappa shape index (κ1) is 18.2. The van der Waals surface area contributed by atoms with Gasteiger partial charge in [-0.25, -0.2) is 9.97 Å². The van der Waals surface area contributed by atoms with Crippen LogP contribution >= 0.6 is 22.9 Å². The van der Waals surface area contributed by atoms with E-state index in [9.17, 15) is 4.79 Å². The number of fused-ring (bicyclic) bond motifs is 1. The Morgan fingerprint density at radius 3 is 2.63 bits per heavy atom. The Balaban J connectivity index is 1.37. The van der Waals surface area contributed by atoms with Gasteiger partial charge in [-0.05, 0) is 42.6 Å². The molecule has 0 spiro atoms. The van der Waals surface area contributed by atoms with Crippen molar-refractivity contribution in [2.75, 3.05) is 36.4 Å². The van der Waals surface area contributed by atoms with Gasteiger partial charge in [-0.1, -0.05) is 11.6 Å². The number of thiophene rings is 1. The molecule has 6 nitrogen and oxygen atoms in total. The van der Waals surface area contributed by atoms with Crippen LogP contribution in [0.3, 0.4) is 0 Å². The Bertz CT molecular complexity index is 937. The lowest BCUT2D eigenvalue weighted by molar-refractivity contribution is -0.120. The van der Waals surface area contributed by atoms with E-state index in [1.54, 1.807) is 29.8 Å². The van der Waals surface area contributed by atoms with Gasteiger partial charge in [0.2, 0.25) is 5.91 Å². The molecule has 0 radical (unpaired) electrons. The van der Waals surface area contributed by atoms with Crippen LogP contribution in [0.2, 0.25) is 5.02 Å². The van der Waals surface area contributed by atoms with E-state index in [1.807, 2.05) is 24.4 Å². The molecule has 3 heterocycles. The fourth-order valence-electron chi connectivity index (χ4n) is 3.30. The van der Waals surface area contributed by atoms with Crippen molar-refractivity contribution in [2.24, 2.45) is 0 Å². The van der Waals surface area contributed by atoms with Gasteiger partial charge in [0.25, 0.3) is 0 Å². The summed E-state index contributed by atoms with van der Waals surface area (Å²) in [6.07, 6.45) is 1.63. The van der Waals surface area contributed by atoms with Crippen LogP contribution in [0.15, 0.2) is 42.0 Å². The summed E-state index contributed by atoms with van der Waals surface area (Å²) in [5, 5.41) is 6.76. The van der Waals surface area contributed by atoms with Gasteiger partial charge in [0, 0.05) is 36.9 Å². The summed E-state index contributed by atoms with van der Waals surface area (Å²) >= 11 is 7.52. The average molecular weight is 402 g/mol. The van der Waals surface area contributed by atoms with Crippen molar-refractivity contribution in [1.29, 1.82) is 0 Å². The molecule has 4 rings (SSSR count). The highest BCUT2D eigenvalue weighted by molar-refractivity contribution is 7.16. The topological polar surface area (TPSA) is 61.4 Å². The standard InChI is InChI=1S/C19H20ClN5OS/c1-13(18(26)23-15-4-2-14(20)3-5-15)24-7-9-25(10-8-24)17-16-6-11-27-19(16)22-12-21-17/h2-6,11-13H,7-10H2,1H3,(H,23,26). The Kier molecular flexibility index (Phi) is 5.24. The Labute approximate surface area is 166 Å². The Morgan fingerprint density at radius 1 is 1.15 bits per heavy atom. The zero-order chi connectivity index (χ0) is 18.8. The first-order valence-electron chi connectivity index (χ1n) is 8.85. The van der Waals surface area contributed by atoms with Crippen LogP contribution in [0.4, 0.5) is 11.5 Å². The second-order valence-electron chi connectivity index (χ2n) is 6.53. The average Bonchev–Trinajstić information content (AvgIpc) is 3.18. The molecule has 1 unspecified atom stereocenters. The molecule has 140 valence electrons. The van der Waals surface area contributed by atoms with Crippen LogP contribution in [0, 0.1) is 0 Å². The van der Waals surface area contributed by atoms with E-state index in [-0.39, 0.29) is 11.9 Å². The van der Waals surface area contributed by atoms with Gasteiger partial charge in [-0.15, -0.1) is 11.3 Å². The zero-order valence-electron chi connectivity index (χ0n) is 14.9. The van der Waals surface area contributed by atoms with Gasteiger partial charge < -0.3 is 10.2 Å². The van der Waals surface area contributed by atoms with E-state index in [2.05, 4.69) is 31.2 Å². The number of nitrogens with zero attached hydrogens (tertiary/aromatic N) is 4. The van der Waals surface area contributed by atoms with Gasteiger partial charge in [-0.2, -0.15) is 0 Å². The van der Waals surface area contributed by atoms with Gasteiger partial charge >= 0.3 is 0 Å². The van der Waals surface area contributed by atoms with Crippen molar-refractivity contribution in [2.45, 2.75) is 13.0 Å². The van der Waals surface area contributed by atoms with Crippen molar-refractivity contribution in [3.05, 3.63) is 47.1 Å². The number of hydrogen-bond acceptors (Lipinski definition) is 6. The minimum atomic E-state index is -0.200. The number of hydrogen-bond donors (Lipinski definition) is 1. The molecular formula is C19H20ClN5OS. The molecule has 8 heteroatoms. The maximum atomic E-state index is 12.6. The first-order valence-corrected chi connectivity index (χ1v) is 10.1. The largest absolute Gasteiger partial charge is 0.353 e. The summed E-state index contributed by atoms with van der Waals surface area (Å²) in [4.78, 5) is 26.9. The van der Waals surface area contributed by atoms with Crippen LogP contribution in [0.25, 0.3) is 10.2 Å². The van der Waals surface area contributed by atoms with Crippen molar-refractivity contribution in [1.82, 2.24) is 14.9 Å². The minimum Gasteiger partial charge on any atom is -0.353 e. The van der Waals surface area contributed by atoms with Crippen molar-refractivity contribution in [3.63, 3.8) is 0 Å². The molecular weight excluding hydrogens is 382 g/mol. The monoisotopic (exact) mass is 401 g/mol. The summed E-state index contributed by atoms with van der Waals surface area (Å²) in [7, 11) is 0. The highest BCUT2D eigenvalue weighted by Crippen LogP contribution is 2.27. The quantitative estimate of drug-likeness (QED) is 0.725. The molecule has 27 heavy (non-hydrogen) atoms. The molecule has 1 atom stereocenters. The lowest BCUT2D eigenvalue weighted by atomic mass is 10.2. The number of anilines is 2. The minimum absolute atomic E-state index is 0.00645. The van der Waals surface area contributed by atoms with E-state index < -0.39 is 0 Å². The van der Waals surface area contributed by atoms with Crippen molar-refractivity contribution in [3.8, 4) is 0 Å². The maximum Gasteiger partial charge on any atom is 0.241 e. The second kappa shape index (κ2) is 7.80. The molecule has 1 aromatic carbocycles. The Hall–Kier alpha value is -2.22. The number of nitrogens with one attached hydrogen (secondary N) is 1. The third-order valence-corrected chi connectivity index (χ3v) is 5.97. The molecule has 1 aliphatic rings. The van der Waals surface area contributed by atoms with E-state index in [0.717, 1.165) is 47.9 Å². The summed E-state index contributed by atoms with van der Waals surface area (Å²) in [6, 6.07) is 9.04. The first-order chi connectivity index (χ1) is 13.1. The van der Waals surface area contributed by atoms with Crippen molar-refractivity contribution < 1.29 is 4.79 Å². The molecule has 1 fully saturated rings. The molecule has 2 aromatic heterocycles. The number of carbonyl (C=O) groups is 1. The van der Waals surface area contributed by atoms with Crippen LogP contribution in [-0.2, 0) is 4.79 Å². The van der Waals surface area contributed by atoms with Gasteiger partial charge in [0.05, 0.1) is 11.4 Å². The smallest absolute Gasteiger partial charge is 0.241 e. The lowest BCUT2D eigenvalue weighted by Crippen LogP contribution is -2.53. The van der Waals surface area contributed by atoms with Crippen LogP contribution in [0.1, 0.15) is 6.92 Å². The number of benzene rings is 1. The SMILES string of the molecule is CC(C(=O)Nc1ccc(Cl)cc1)N1CCN(c2ncnc3sccc23)CC1. The van der Waals surface area contributed by atoms with E-state index >= 15 is 0 Å². The van der Waals surface area contributed by atoms with Crippen LogP contribution in [-0.4, -0.2) is 53.0 Å². The number of amides is 1. The fourth-order valence-corrected chi connectivity index (χ4v) is 4.15.